The topological polar surface area (TPSA) is 94.9 Å². The number of fused-ring (bicyclic) bond motifs is 3. The molecule has 0 atom stereocenters. The van der Waals surface area contributed by atoms with Crippen molar-refractivity contribution in [3.05, 3.63) is 192 Å². The van der Waals surface area contributed by atoms with E-state index in [1.54, 1.807) is 12.1 Å². The fraction of sp³-hybridized carbons (Fsp3) is 0. The van der Waals surface area contributed by atoms with Crippen LogP contribution in [0.1, 0.15) is 41.4 Å². The average Bonchev–Trinajstić information content (AvgIpc) is 3.60. The second-order valence-corrected chi connectivity index (χ2v) is 14.3. The predicted octanol–water partition coefficient (Wildman–Crippen LogP) is 11.4. The SMILES string of the molecule is O=C1OC(=O)c2c(-c3ccc(N(c4ccccc4)c4ccccc4)cc3)cc3c4c(c(-c5ccc(-n6c7ccccc7c7ccccc76)cc5)cc1c24)C(=O)OC3=O. The highest BCUT2D eigenvalue weighted by Gasteiger charge is 2.39. The molecule has 3 heterocycles. The highest BCUT2D eigenvalue weighted by molar-refractivity contribution is 6.32. The molecule has 0 saturated carbocycles. The van der Waals surface area contributed by atoms with E-state index in [0.29, 0.717) is 22.3 Å². The lowest BCUT2D eigenvalue weighted by molar-refractivity contribution is 0.0366. The van der Waals surface area contributed by atoms with Crippen molar-refractivity contribution in [2.24, 2.45) is 0 Å². The first-order valence-corrected chi connectivity index (χ1v) is 18.7. The summed E-state index contributed by atoms with van der Waals surface area (Å²) < 4.78 is 12.9. The van der Waals surface area contributed by atoms with Gasteiger partial charge in [-0.05, 0) is 95.1 Å². The summed E-state index contributed by atoms with van der Waals surface area (Å²) in [5.74, 6) is -3.45. The zero-order chi connectivity index (χ0) is 39.1. The first-order valence-electron chi connectivity index (χ1n) is 18.7. The van der Waals surface area contributed by atoms with Gasteiger partial charge in [0.2, 0.25) is 0 Å². The van der Waals surface area contributed by atoms with E-state index in [4.69, 9.17) is 9.47 Å². The fourth-order valence-corrected chi connectivity index (χ4v) is 8.60. The number of benzene rings is 8. The summed E-state index contributed by atoms with van der Waals surface area (Å²) in [5, 5.41) is 2.64. The van der Waals surface area contributed by atoms with Crippen molar-refractivity contribution in [3.63, 3.8) is 0 Å². The number of carbonyl (C=O) groups is 4. The minimum absolute atomic E-state index is 0.0788. The standard InChI is InChI=1S/C50H28N2O6/c53-47-39-27-37(29-19-23-33(24-20-29)51(31-11-3-1-4-12-31)32-13-5-2-6-14-32)45-43-40(48(54)57-49(45)55)28-38(46(44(39)43)50(56)58-47)30-21-25-34(26-22-30)52-41-17-9-7-15-35(41)36-16-8-10-18-42(36)52/h1-28H. The fourth-order valence-electron chi connectivity index (χ4n) is 8.60. The Balaban J connectivity index is 1.07. The maximum Gasteiger partial charge on any atom is 0.347 e. The summed E-state index contributed by atoms with van der Waals surface area (Å²) in [6.07, 6.45) is 0. The Kier molecular flexibility index (Phi) is 7.30. The number of hydrogen-bond donors (Lipinski definition) is 0. The molecular formula is C50H28N2O6. The van der Waals surface area contributed by atoms with E-state index in [2.05, 4.69) is 33.7 Å². The summed E-state index contributed by atoms with van der Waals surface area (Å²) in [4.78, 5) is 56.8. The van der Waals surface area contributed by atoms with Crippen LogP contribution in [0.5, 0.6) is 0 Å². The van der Waals surface area contributed by atoms with Crippen LogP contribution in [0.15, 0.2) is 170 Å². The largest absolute Gasteiger partial charge is 0.386 e. The van der Waals surface area contributed by atoms with Crippen LogP contribution in [0.3, 0.4) is 0 Å². The van der Waals surface area contributed by atoms with Crippen LogP contribution in [0.25, 0.3) is 60.5 Å². The molecule has 0 saturated heterocycles. The van der Waals surface area contributed by atoms with E-state index in [1.165, 1.54) is 0 Å². The predicted molar refractivity (Wildman–Crippen MR) is 223 cm³/mol. The Labute approximate surface area is 330 Å². The van der Waals surface area contributed by atoms with Gasteiger partial charge in [-0.3, -0.25) is 0 Å². The number of anilines is 3. The van der Waals surface area contributed by atoms with Gasteiger partial charge in [-0.1, -0.05) is 97.1 Å². The molecular weight excluding hydrogens is 725 g/mol. The summed E-state index contributed by atoms with van der Waals surface area (Å²) >= 11 is 0. The third-order valence-corrected chi connectivity index (χ3v) is 11.1. The Morgan fingerprint density at radius 2 is 0.776 bits per heavy atom. The molecule has 0 radical (unpaired) electrons. The van der Waals surface area contributed by atoms with E-state index in [0.717, 1.165) is 44.6 Å². The van der Waals surface area contributed by atoms with Crippen molar-refractivity contribution in [2.45, 2.75) is 0 Å². The van der Waals surface area contributed by atoms with Gasteiger partial charge in [0.1, 0.15) is 0 Å². The smallest absolute Gasteiger partial charge is 0.347 e. The molecule has 8 heteroatoms. The number of rotatable bonds is 6. The lowest BCUT2D eigenvalue weighted by Gasteiger charge is -2.27. The molecule has 8 nitrogen and oxygen atoms in total. The van der Waals surface area contributed by atoms with Crippen LogP contribution in [-0.4, -0.2) is 28.4 Å². The summed E-state index contributed by atoms with van der Waals surface area (Å²) in [7, 11) is 0. The van der Waals surface area contributed by atoms with Gasteiger partial charge in [-0.15, -0.1) is 0 Å². The third-order valence-electron chi connectivity index (χ3n) is 11.1. The van der Waals surface area contributed by atoms with Gasteiger partial charge in [0.25, 0.3) is 0 Å². The van der Waals surface area contributed by atoms with Gasteiger partial charge in [0, 0.05) is 44.3 Å². The molecule has 2 aliphatic heterocycles. The maximum atomic E-state index is 13.8. The molecule has 1 aromatic heterocycles. The van der Waals surface area contributed by atoms with Gasteiger partial charge in [-0.2, -0.15) is 0 Å². The molecule has 0 unspecified atom stereocenters. The van der Waals surface area contributed by atoms with Crippen LogP contribution in [0.2, 0.25) is 0 Å². The number of aromatic nitrogens is 1. The van der Waals surface area contributed by atoms with Gasteiger partial charge in [0.05, 0.1) is 33.3 Å². The molecule has 0 bridgehead atoms. The molecule has 58 heavy (non-hydrogen) atoms. The quantitative estimate of drug-likeness (QED) is 0.123. The van der Waals surface area contributed by atoms with Crippen LogP contribution >= 0.6 is 0 Å². The summed E-state index contributed by atoms with van der Waals surface area (Å²) in [5.41, 5.74) is 8.08. The molecule has 0 aliphatic carbocycles. The normalized spacial score (nSPS) is 13.2. The summed E-state index contributed by atoms with van der Waals surface area (Å²) in [6.45, 7) is 0. The highest BCUT2D eigenvalue weighted by Crippen LogP contribution is 2.46. The van der Waals surface area contributed by atoms with Crippen LogP contribution in [-0.2, 0) is 9.47 Å². The van der Waals surface area contributed by atoms with Crippen LogP contribution in [0, 0.1) is 0 Å². The number of hydrogen-bond acceptors (Lipinski definition) is 7. The molecule has 8 aromatic carbocycles. The minimum Gasteiger partial charge on any atom is -0.386 e. The second-order valence-electron chi connectivity index (χ2n) is 14.3. The van der Waals surface area contributed by atoms with E-state index < -0.39 is 23.9 Å². The van der Waals surface area contributed by atoms with E-state index in [9.17, 15) is 19.2 Å². The number of para-hydroxylation sites is 4. The molecule has 0 fully saturated rings. The van der Waals surface area contributed by atoms with Crippen LogP contribution < -0.4 is 4.90 Å². The van der Waals surface area contributed by atoms with Gasteiger partial charge >= 0.3 is 23.9 Å². The van der Waals surface area contributed by atoms with E-state index in [1.807, 2.05) is 133 Å². The molecule has 2 aliphatic rings. The number of nitrogens with zero attached hydrogens (tertiary/aromatic N) is 2. The molecule has 0 spiro atoms. The zero-order valence-electron chi connectivity index (χ0n) is 30.5. The minimum atomic E-state index is -0.863. The maximum absolute atomic E-state index is 13.8. The van der Waals surface area contributed by atoms with Crippen molar-refractivity contribution in [1.29, 1.82) is 0 Å². The number of ether oxygens (including phenoxy) is 2. The number of esters is 4. The van der Waals surface area contributed by atoms with E-state index in [-0.39, 0.29) is 33.0 Å². The van der Waals surface area contributed by atoms with Gasteiger partial charge < -0.3 is 18.9 Å². The third kappa shape index (κ3) is 4.95. The first kappa shape index (κ1) is 33.3. The van der Waals surface area contributed by atoms with Crippen molar-refractivity contribution in [2.75, 3.05) is 4.90 Å². The van der Waals surface area contributed by atoms with Crippen molar-refractivity contribution in [1.82, 2.24) is 4.57 Å². The Hall–Kier alpha value is -8.10. The molecule has 11 rings (SSSR count). The lowest BCUT2D eigenvalue weighted by atomic mass is 9.81. The summed E-state index contributed by atoms with van der Waals surface area (Å²) in [6, 6.07) is 54.6. The first-order chi connectivity index (χ1) is 28.4. The second kappa shape index (κ2) is 12.7. The Bertz CT molecular complexity index is 3130. The molecule has 0 amide bonds. The van der Waals surface area contributed by atoms with Gasteiger partial charge in [-0.25, -0.2) is 19.2 Å². The van der Waals surface area contributed by atoms with Crippen molar-refractivity contribution >= 4 is 73.5 Å². The Morgan fingerprint density at radius 1 is 0.379 bits per heavy atom. The van der Waals surface area contributed by atoms with Crippen molar-refractivity contribution in [3.8, 4) is 27.9 Å². The average molecular weight is 753 g/mol. The molecule has 274 valence electrons. The lowest BCUT2D eigenvalue weighted by Crippen LogP contribution is -2.26. The molecule has 0 N–H and O–H groups in total. The Morgan fingerprint density at radius 3 is 1.24 bits per heavy atom. The molecule has 9 aromatic rings. The van der Waals surface area contributed by atoms with Gasteiger partial charge in [0.15, 0.2) is 0 Å². The number of cyclic esters (lactones) is 4. The van der Waals surface area contributed by atoms with Crippen molar-refractivity contribution < 1.29 is 28.7 Å². The van der Waals surface area contributed by atoms with Crippen LogP contribution in [0.4, 0.5) is 17.1 Å². The monoisotopic (exact) mass is 752 g/mol. The highest BCUT2D eigenvalue weighted by atomic mass is 16.6. The zero-order valence-corrected chi connectivity index (χ0v) is 30.5. The number of carbonyl (C=O) groups excluding carboxylic acids is 4. The van der Waals surface area contributed by atoms with E-state index >= 15 is 0 Å².